The standard InChI is InChI=1S/C24H24N2O4/c1-16-4-11-22(14-17(16)2)30-15-23(27)25-19-7-5-18(6-8-19)24(28)26-20-9-12-21(29-3)13-10-20/h4-14H,15H2,1-3H3,(H,25,27)(H,26,28). The van der Waals surface area contributed by atoms with E-state index in [1.165, 1.54) is 5.56 Å². The van der Waals surface area contributed by atoms with Gasteiger partial charge in [0.05, 0.1) is 7.11 Å². The zero-order chi connectivity index (χ0) is 21.5. The van der Waals surface area contributed by atoms with E-state index in [2.05, 4.69) is 10.6 Å². The molecule has 0 fully saturated rings. The molecule has 3 rings (SSSR count). The molecule has 0 aliphatic carbocycles. The van der Waals surface area contributed by atoms with Gasteiger partial charge >= 0.3 is 0 Å². The molecule has 3 aromatic carbocycles. The number of amides is 2. The summed E-state index contributed by atoms with van der Waals surface area (Å²) in [4.78, 5) is 24.5. The molecule has 3 aromatic rings. The van der Waals surface area contributed by atoms with Gasteiger partial charge in [-0.15, -0.1) is 0 Å². The number of ether oxygens (including phenoxy) is 2. The van der Waals surface area contributed by atoms with Crippen LogP contribution in [0.1, 0.15) is 21.5 Å². The third kappa shape index (κ3) is 5.61. The van der Waals surface area contributed by atoms with Crippen LogP contribution in [-0.2, 0) is 4.79 Å². The molecule has 0 radical (unpaired) electrons. The van der Waals surface area contributed by atoms with Gasteiger partial charge in [0.2, 0.25) is 0 Å². The lowest BCUT2D eigenvalue weighted by molar-refractivity contribution is -0.118. The molecule has 0 saturated heterocycles. The monoisotopic (exact) mass is 404 g/mol. The predicted molar refractivity (Wildman–Crippen MR) is 117 cm³/mol. The maximum atomic E-state index is 12.4. The first kappa shape index (κ1) is 20.9. The lowest BCUT2D eigenvalue weighted by atomic mass is 10.1. The summed E-state index contributed by atoms with van der Waals surface area (Å²) >= 11 is 0. The number of benzene rings is 3. The molecule has 0 aliphatic rings. The van der Waals surface area contributed by atoms with Gasteiger partial charge in [-0.2, -0.15) is 0 Å². The van der Waals surface area contributed by atoms with Crippen molar-refractivity contribution in [1.82, 2.24) is 0 Å². The number of rotatable bonds is 7. The second-order valence-corrected chi connectivity index (χ2v) is 6.84. The minimum atomic E-state index is -0.274. The van der Waals surface area contributed by atoms with Gasteiger partial charge < -0.3 is 20.1 Å². The Hall–Kier alpha value is -3.80. The minimum Gasteiger partial charge on any atom is -0.497 e. The van der Waals surface area contributed by atoms with Crippen LogP contribution in [0.25, 0.3) is 0 Å². The van der Waals surface area contributed by atoms with E-state index in [4.69, 9.17) is 9.47 Å². The Morgan fingerprint density at radius 1 is 0.767 bits per heavy atom. The smallest absolute Gasteiger partial charge is 0.262 e. The lowest BCUT2D eigenvalue weighted by Gasteiger charge is -2.10. The van der Waals surface area contributed by atoms with Gasteiger partial charge in [0.1, 0.15) is 11.5 Å². The van der Waals surface area contributed by atoms with E-state index in [-0.39, 0.29) is 18.4 Å². The SMILES string of the molecule is COc1ccc(NC(=O)c2ccc(NC(=O)COc3ccc(C)c(C)c3)cc2)cc1. The number of carbonyl (C=O) groups excluding carboxylic acids is 2. The highest BCUT2D eigenvalue weighted by atomic mass is 16.5. The Kier molecular flexibility index (Phi) is 6.70. The third-order valence-corrected chi connectivity index (χ3v) is 4.63. The Labute approximate surface area is 175 Å². The van der Waals surface area contributed by atoms with E-state index in [1.807, 2.05) is 32.0 Å². The second kappa shape index (κ2) is 9.60. The molecule has 6 nitrogen and oxygen atoms in total. The fourth-order valence-electron chi connectivity index (χ4n) is 2.73. The van der Waals surface area contributed by atoms with Crippen LogP contribution >= 0.6 is 0 Å². The average molecular weight is 404 g/mol. The minimum absolute atomic E-state index is 0.0950. The van der Waals surface area contributed by atoms with E-state index < -0.39 is 0 Å². The first-order valence-electron chi connectivity index (χ1n) is 9.50. The van der Waals surface area contributed by atoms with Crippen molar-refractivity contribution < 1.29 is 19.1 Å². The van der Waals surface area contributed by atoms with Crippen molar-refractivity contribution >= 4 is 23.2 Å². The van der Waals surface area contributed by atoms with E-state index in [1.54, 1.807) is 55.6 Å². The summed E-state index contributed by atoms with van der Waals surface area (Å²) in [5.41, 5.74) is 4.01. The molecule has 6 heteroatoms. The third-order valence-electron chi connectivity index (χ3n) is 4.63. The topological polar surface area (TPSA) is 76.7 Å². The zero-order valence-corrected chi connectivity index (χ0v) is 17.2. The van der Waals surface area contributed by atoms with Crippen molar-refractivity contribution in [3.8, 4) is 11.5 Å². The maximum Gasteiger partial charge on any atom is 0.262 e. The highest BCUT2D eigenvalue weighted by molar-refractivity contribution is 6.04. The van der Waals surface area contributed by atoms with Gasteiger partial charge in [-0.05, 0) is 85.6 Å². The summed E-state index contributed by atoms with van der Waals surface area (Å²) in [6.45, 7) is 3.92. The lowest BCUT2D eigenvalue weighted by Crippen LogP contribution is -2.20. The van der Waals surface area contributed by atoms with Gasteiger partial charge in [-0.1, -0.05) is 6.07 Å². The average Bonchev–Trinajstić information content (AvgIpc) is 2.75. The molecular weight excluding hydrogens is 380 g/mol. The molecule has 0 atom stereocenters. The number of carbonyl (C=O) groups is 2. The van der Waals surface area contributed by atoms with E-state index in [9.17, 15) is 9.59 Å². The van der Waals surface area contributed by atoms with Gasteiger partial charge in [0, 0.05) is 16.9 Å². The molecule has 0 aliphatic heterocycles. The maximum absolute atomic E-state index is 12.4. The summed E-state index contributed by atoms with van der Waals surface area (Å²) in [7, 11) is 1.59. The number of hydrogen-bond donors (Lipinski definition) is 2. The zero-order valence-electron chi connectivity index (χ0n) is 17.2. The van der Waals surface area contributed by atoms with Crippen LogP contribution in [0, 0.1) is 13.8 Å². The number of hydrogen-bond acceptors (Lipinski definition) is 4. The quantitative estimate of drug-likeness (QED) is 0.604. The molecule has 2 N–H and O–H groups in total. The normalized spacial score (nSPS) is 10.2. The molecule has 154 valence electrons. The van der Waals surface area contributed by atoms with Crippen molar-refractivity contribution in [2.45, 2.75) is 13.8 Å². The Balaban J connectivity index is 1.52. The van der Waals surface area contributed by atoms with Crippen LogP contribution < -0.4 is 20.1 Å². The number of nitrogens with one attached hydrogen (secondary N) is 2. The molecule has 0 bridgehead atoms. The Morgan fingerprint density at radius 3 is 2.00 bits per heavy atom. The predicted octanol–water partition coefficient (Wildman–Crippen LogP) is 4.58. The Morgan fingerprint density at radius 2 is 1.37 bits per heavy atom. The van der Waals surface area contributed by atoms with Gasteiger partial charge in [-0.25, -0.2) is 0 Å². The molecule has 0 saturated carbocycles. The summed E-state index contributed by atoms with van der Waals surface area (Å²) in [5.74, 6) is 0.855. The molecule has 0 unspecified atom stereocenters. The van der Waals surface area contributed by atoms with Crippen LogP contribution in [0.4, 0.5) is 11.4 Å². The van der Waals surface area contributed by atoms with Gasteiger partial charge in [-0.3, -0.25) is 9.59 Å². The highest BCUT2D eigenvalue weighted by Gasteiger charge is 2.08. The van der Waals surface area contributed by atoms with Crippen molar-refractivity contribution in [2.75, 3.05) is 24.4 Å². The fourth-order valence-corrected chi connectivity index (χ4v) is 2.73. The fraction of sp³-hybridized carbons (Fsp3) is 0.167. The molecule has 2 amide bonds. The molecular formula is C24H24N2O4. The molecule has 0 spiro atoms. The number of anilines is 2. The number of aryl methyl sites for hydroxylation is 2. The van der Waals surface area contributed by atoms with Gasteiger partial charge in [0.15, 0.2) is 6.61 Å². The van der Waals surface area contributed by atoms with E-state index in [0.29, 0.717) is 22.7 Å². The van der Waals surface area contributed by atoms with Crippen molar-refractivity contribution in [1.29, 1.82) is 0 Å². The van der Waals surface area contributed by atoms with Crippen LogP contribution in [0.5, 0.6) is 11.5 Å². The summed E-state index contributed by atoms with van der Waals surface area (Å²) in [5, 5.41) is 5.57. The first-order valence-corrected chi connectivity index (χ1v) is 9.50. The first-order chi connectivity index (χ1) is 14.4. The molecule has 30 heavy (non-hydrogen) atoms. The van der Waals surface area contributed by atoms with Crippen molar-refractivity contribution in [3.63, 3.8) is 0 Å². The Bertz CT molecular complexity index is 1030. The van der Waals surface area contributed by atoms with Crippen molar-refractivity contribution in [2.24, 2.45) is 0 Å². The summed E-state index contributed by atoms with van der Waals surface area (Å²) in [6, 6.07) is 19.4. The summed E-state index contributed by atoms with van der Waals surface area (Å²) in [6.07, 6.45) is 0. The van der Waals surface area contributed by atoms with Crippen LogP contribution in [-0.4, -0.2) is 25.5 Å². The molecule has 0 heterocycles. The van der Waals surface area contributed by atoms with Crippen LogP contribution in [0.3, 0.4) is 0 Å². The molecule has 0 aromatic heterocycles. The summed E-state index contributed by atoms with van der Waals surface area (Å²) < 4.78 is 10.6. The van der Waals surface area contributed by atoms with E-state index >= 15 is 0 Å². The largest absolute Gasteiger partial charge is 0.497 e. The van der Waals surface area contributed by atoms with E-state index in [0.717, 1.165) is 11.3 Å². The van der Waals surface area contributed by atoms with Gasteiger partial charge in [0.25, 0.3) is 11.8 Å². The van der Waals surface area contributed by atoms with Crippen LogP contribution in [0.15, 0.2) is 66.7 Å². The number of methoxy groups -OCH3 is 1. The van der Waals surface area contributed by atoms with Crippen molar-refractivity contribution in [3.05, 3.63) is 83.4 Å². The highest BCUT2D eigenvalue weighted by Crippen LogP contribution is 2.18. The second-order valence-electron chi connectivity index (χ2n) is 6.84. The van der Waals surface area contributed by atoms with Crippen LogP contribution in [0.2, 0.25) is 0 Å².